The number of hydrogen-bond acceptors (Lipinski definition) is 5. The van der Waals surface area contributed by atoms with Gasteiger partial charge in [-0.25, -0.2) is 4.79 Å². The van der Waals surface area contributed by atoms with E-state index in [1.807, 2.05) is 19.9 Å². The smallest absolute Gasteiger partial charge is 0.344 e. The average molecular weight is 370 g/mol. The maximum Gasteiger partial charge on any atom is 0.344 e. The van der Waals surface area contributed by atoms with Gasteiger partial charge in [0.2, 0.25) is 0 Å². The van der Waals surface area contributed by atoms with Crippen molar-refractivity contribution in [1.82, 2.24) is 10.9 Å². The summed E-state index contributed by atoms with van der Waals surface area (Å²) in [4.78, 5) is 35.6. The van der Waals surface area contributed by atoms with E-state index in [0.29, 0.717) is 11.3 Å². The number of esters is 1. The van der Waals surface area contributed by atoms with Gasteiger partial charge in [-0.2, -0.15) is 0 Å². The second kappa shape index (κ2) is 9.38. The molecule has 0 heterocycles. The van der Waals surface area contributed by atoms with E-state index in [1.165, 1.54) is 6.92 Å². The molecule has 0 fully saturated rings. The Morgan fingerprint density at radius 3 is 2.22 bits per heavy atom. The van der Waals surface area contributed by atoms with Gasteiger partial charge in [-0.05, 0) is 56.2 Å². The van der Waals surface area contributed by atoms with Crippen LogP contribution in [0.25, 0.3) is 0 Å². The number of hydrogen-bond donors (Lipinski definition) is 2. The van der Waals surface area contributed by atoms with Crippen LogP contribution < -0.4 is 15.6 Å². The van der Waals surface area contributed by atoms with Crippen molar-refractivity contribution in [2.45, 2.75) is 26.9 Å². The second-order valence-corrected chi connectivity index (χ2v) is 6.05. The molecule has 0 spiro atoms. The van der Waals surface area contributed by atoms with E-state index >= 15 is 0 Å². The summed E-state index contributed by atoms with van der Waals surface area (Å²) < 4.78 is 10.4. The molecule has 1 atom stereocenters. The lowest BCUT2D eigenvalue weighted by atomic mass is 10.1. The molecule has 7 nitrogen and oxygen atoms in total. The van der Waals surface area contributed by atoms with Gasteiger partial charge in [-0.15, -0.1) is 0 Å². The number of ether oxygens (including phenoxy) is 2. The highest BCUT2D eigenvalue weighted by molar-refractivity contribution is 5.95. The Balaban J connectivity index is 1.76. The fourth-order valence-electron chi connectivity index (χ4n) is 2.32. The molecule has 0 aliphatic heterocycles. The van der Waals surface area contributed by atoms with Crippen LogP contribution >= 0.6 is 0 Å². The van der Waals surface area contributed by atoms with Gasteiger partial charge < -0.3 is 9.47 Å². The van der Waals surface area contributed by atoms with Gasteiger partial charge in [-0.1, -0.05) is 24.3 Å². The lowest BCUT2D eigenvalue weighted by molar-refractivity contribution is -0.156. The lowest BCUT2D eigenvalue weighted by Gasteiger charge is -2.14. The van der Waals surface area contributed by atoms with Crippen molar-refractivity contribution in [3.05, 3.63) is 65.2 Å². The number of amides is 2. The third kappa shape index (κ3) is 6.47. The van der Waals surface area contributed by atoms with Gasteiger partial charge in [0.05, 0.1) is 0 Å². The van der Waals surface area contributed by atoms with Gasteiger partial charge in [0, 0.05) is 5.56 Å². The predicted octanol–water partition coefficient (Wildman–Crippen LogP) is 2.08. The zero-order chi connectivity index (χ0) is 19.8. The van der Waals surface area contributed by atoms with Crippen molar-refractivity contribution in [1.29, 1.82) is 0 Å². The molecule has 142 valence electrons. The van der Waals surface area contributed by atoms with Crippen LogP contribution in [-0.4, -0.2) is 30.5 Å². The Bertz CT molecular complexity index is 800. The van der Waals surface area contributed by atoms with Gasteiger partial charge in [0.1, 0.15) is 5.75 Å². The molecule has 0 saturated carbocycles. The summed E-state index contributed by atoms with van der Waals surface area (Å²) in [5.74, 6) is -1.26. The largest absolute Gasteiger partial charge is 0.482 e. The van der Waals surface area contributed by atoms with E-state index in [4.69, 9.17) is 9.47 Å². The van der Waals surface area contributed by atoms with Gasteiger partial charge in [0.15, 0.2) is 12.7 Å². The van der Waals surface area contributed by atoms with Crippen LogP contribution in [0.2, 0.25) is 0 Å². The van der Waals surface area contributed by atoms with Crippen LogP contribution in [0.4, 0.5) is 0 Å². The number of benzene rings is 2. The number of aryl methyl sites for hydroxylation is 2. The minimum absolute atomic E-state index is 0.323. The average Bonchev–Trinajstić information content (AvgIpc) is 2.64. The SMILES string of the molecule is Cc1cc(C)cc(OCC(=O)O[C@@H](C)C(=O)NNC(=O)c2ccccc2)c1. The molecule has 0 saturated heterocycles. The summed E-state index contributed by atoms with van der Waals surface area (Å²) in [6, 6.07) is 14.0. The van der Waals surface area contributed by atoms with Crippen LogP contribution in [0.5, 0.6) is 5.75 Å². The highest BCUT2D eigenvalue weighted by atomic mass is 16.6. The summed E-state index contributed by atoms with van der Waals surface area (Å²) in [6.07, 6.45) is -1.09. The number of rotatable bonds is 6. The molecule has 27 heavy (non-hydrogen) atoms. The van der Waals surface area contributed by atoms with Crippen molar-refractivity contribution in [3.63, 3.8) is 0 Å². The molecule has 0 aliphatic carbocycles. The molecular formula is C20H22N2O5. The third-order valence-corrected chi connectivity index (χ3v) is 3.56. The van der Waals surface area contributed by atoms with E-state index in [9.17, 15) is 14.4 Å². The van der Waals surface area contributed by atoms with Crippen LogP contribution in [0.1, 0.15) is 28.4 Å². The van der Waals surface area contributed by atoms with Crippen molar-refractivity contribution in [2.75, 3.05) is 6.61 Å². The van der Waals surface area contributed by atoms with Crippen LogP contribution in [0.3, 0.4) is 0 Å². The first-order valence-electron chi connectivity index (χ1n) is 8.41. The standard InChI is InChI=1S/C20H22N2O5/c1-13-9-14(2)11-17(10-13)26-12-18(23)27-15(3)19(24)21-22-20(25)16-7-5-4-6-8-16/h4-11,15H,12H2,1-3H3,(H,21,24)(H,22,25)/t15-/m0/s1. The van der Waals surface area contributed by atoms with Gasteiger partial charge in [0.25, 0.3) is 11.8 Å². The summed E-state index contributed by atoms with van der Waals surface area (Å²) in [6.45, 7) is 4.93. The van der Waals surface area contributed by atoms with E-state index in [0.717, 1.165) is 11.1 Å². The molecule has 0 bridgehead atoms. The summed E-state index contributed by atoms with van der Waals surface area (Å²) in [7, 11) is 0. The molecule has 2 amide bonds. The van der Waals surface area contributed by atoms with Crippen LogP contribution in [0.15, 0.2) is 48.5 Å². The summed E-state index contributed by atoms with van der Waals surface area (Å²) in [5.41, 5.74) is 6.90. The molecule has 2 rings (SSSR count). The fourth-order valence-corrected chi connectivity index (χ4v) is 2.32. The van der Waals surface area contributed by atoms with E-state index in [2.05, 4.69) is 10.9 Å². The highest BCUT2D eigenvalue weighted by Crippen LogP contribution is 2.16. The quantitative estimate of drug-likeness (QED) is 0.600. The number of carbonyl (C=O) groups is 3. The van der Waals surface area contributed by atoms with Crippen LogP contribution in [-0.2, 0) is 14.3 Å². The maximum absolute atomic E-state index is 11.9. The first kappa shape index (κ1) is 20.0. The van der Waals surface area contributed by atoms with Crippen molar-refractivity contribution in [3.8, 4) is 5.75 Å². The first-order chi connectivity index (χ1) is 12.8. The Kier molecular flexibility index (Phi) is 6.93. The van der Waals surface area contributed by atoms with Crippen molar-refractivity contribution >= 4 is 17.8 Å². The number of nitrogens with one attached hydrogen (secondary N) is 2. The summed E-state index contributed by atoms with van der Waals surface area (Å²) in [5, 5.41) is 0. The van der Waals surface area contributed by atoms with E-state index in [1.54, 1.807) is 42.5 Å². The third-order valence-electron chi connectivity index (χ3n) is 3.56. The molecule has 0 unspecified atom stereocenters. The fraction of sp³-hybridized carbons (Fsp3) is 0.250. The monoisotopic (exact) mass is 370 g/mol. The minimum atomic E-state index is -1.09. The predicted molar refractivity (Wildman–Crippen MR) is 99.0 cm³/mol. The molecule has 0 radical (unpaired) electrons. The normalized spacial score (nSPS) is 11.2. The second-order valence-electron chi connectivity index (χ2n) is 6.05. The minimum Gasteiger partial charge on any atom is -0.482 e. The van der Waals surface area contributed by atoms with E-state index < -0.39 is 23.9 Å². The Morgan fingerprint density at radius 2 is 1.59 bits per heavy atom. The van der Waals surface area contributed by atoms with Crippen molar-refractivity contribution < 1.29 is 23.9 Å². The molecule has 2 N–H and O–H groups in total. The van der Waals surface area contributed by atoms with E-state index in [-0.39, 0.29) is 6.61 Å². The zero-order valence-electron chi connectivity index (χ0n) is 15.4. The van der Waals surface area contributed by atoms with Crippen LogP contribution in [0, 0.1) is 13.8 Å². The van der Waals surface area contributed by atoms with Gasteiger partial charge >= 0.3 is 5.97 Å². The molecule has 0 aliphatic rings. The lowest BCUT2D eigenvalue weighted by Crippen LogP contribution is -2.47. The molecule has 2 aromatic rings. The first-order valence-corrected chi connectivity index (χ1v) is 8.41. The Hall–Kier alpha value is -3.35. The summed E-state index contributed by atoms with van der Waals surface area (Å²) >= 11 is 0. The Morgan fingerprint density at radius 1 is 0.963 bits per heavy atom. The maximum atomic E-state index is 11.9. The van der Waals surface area contributed by atoms with Gasteiger partial charge in [-0.3, -0.25) is 20.4 Å². The number of carbonyl (C=O) groups excluding carboxylic acids is 3. The zero-order valence-corrected chi connectivity index (χ0v) is 15.4. The van der Waals surface area contributed by atoms with Crippen molar-refractivity contribution in [2.24, 2.45) is 0 Å². The molecule has 2 aromatic carbocycles. The highest BCUT2D eigenvalue weighted by Gasteiger charge is 2.19. The molecular weight excluding hydrogens is 348 g/mol. The Labute approximate surface area is 157 Å². The molecule has 0 aromatic heterocycles. The topological polar surface area (TPSA) is 93.7 Å². The molecule has 7 heteroatoms. The number of hydrazine groups is 1.